The SMILES string of the molecule is COCCNC1(CN)CCCC1. The van der Waals surface area contributed by atoms with Crippen LogP contribution in [0.5, 0.6) is 0 Å². The second-order valence-electron chi connectivity index (χ2n) is 3.61. The maximum absolute atomic E-state index is 5.75. The van der Waals surface area contributed by atoms with E-state index >= 15 is 0 Å². The monoisotopic (exact) mass is 172 g/mol. The molecule has 0 unspecified atom stereocenters. The highest BCUT2D eigenvalue weighted by Crippen LogP contribution is 2.28. The van der Waals surface area contributed by atoms with E-state index in [9.17, 15) is 0 Å². The lowest BCUT2D eigenvalue weighted by atomic mass is 9.98. The number of hydrogen-bond donors (Lipinski definition) is 2. The van der Waals surface area contributed by atoms with Crippen LogP contribution in [0.1, 0.15) is 25.7 Å². The predicted molar refractivity (Wildman–Crippen MR) is 50.1 cm³/mol. The molecule has 3 heteroatoms. The van der Waals surface area contributed by atoms with E-state index in [-0.39, 0.29) is 5.54 Å². The maximum atomic E-state index is 5.75. The minimum atomic E-state index is 0.235. The average Bonchev–Trinajstić information content (AvgIpc) is 2.55. The van der Waals surface area contributed by atoms with Crippen LogP contribution >= 0.6 is 0 Å². The van der Waals surface area contributed by atoms with Crippen LogP contribution in [0.2, 0.25) is 0 Å². The molecule has 0 aromatic heterocycles. The van der Waals surface area contributed by atoms with E-state index in [1.165, 1.54) is 25.7 Å². The van der Waals surface area contributed by atoms with Crippen molar-refractivity contribution in [2.75, 3.05) is 26.8 Å². The summed E-state index contributed by atoms with van der Waals surface area (Å²) < 4.78 is 4.99. The molecular weight excluding hydrogens is 152 g/mol. The lowest BCUT2D eigenvalue weighted by Crippen LogP contribution is -2.49. The molecule has 0 aromatic rings. The third kappa shape index (κ3) is 2.44. The van der Waals surface area contributed by atoms with E-state index in [0.717, 1.165) is 19.7 Å². The molecule has 1 fully saturated rings. The first kappa shape index (κ1) is 9.96. The van der Waals surface area contributed by atoms with Gasteiger partial charge in [0.1, 0.15) is 0 Å². The highest BCUT2D eigenvalue weighted by Gasteiger charge is 2.31. The van der Waals surface area contributed by atoms with E-state index in [0.29, 0.717) is 0 Å². The summed E-state index contributed by atoms with van der Waals surface area (Å²) in [4.78, 5) is 0. The first-order valence-corrected chi connectivity index (χ1v) is 4.77. The van der Waals surface area contributed by atoms with E-state index in [1.54, 1.807) is 7.11 Å². The van der Waals surface area contributed by atoms with Crippen LogP contribution in [0, 0.1) is 0 Å². The molecule has 0 amide bonds. The molecule has 0 heterocycles. The normalized spacial score (nSPS) is 21.5. The topological polar surface area (TPSA) is 47.3 Å². The van der Waals surface area contributed by atoms with Crippen molar-refractivity contribution in [1.29, 1.82) is 0 Å². The Morgan fingerprint density at radius 3 is 2.58 bits per heavy atom. The highest BCUT2D eigenvalue weighted by atomic mass is 16.5. The van der Waals surface area contributed by atoms with Crippen LogP contribution in [-0.2, 0) is 4.74 Å². The van der Waals surface area contributed by atoms with Gasteiger partial charge in [0.25, 0.3) is 0 Å². The van der Waals surface area contributed by atoms with Gasteiger partial charge in [0, 0.05) is 25.7 Å². The third-order valence-electron chi connectivity index (χ3n) is 2.76. The summed E-state index contributed by atoms with van der Waals surface area (Å²) in [5.74, 6) is 0. The predicted octanol–water partition coefficient (Wildman–Crippen LogP) is 0.494. The fourth-order valence-electron chi connectivity index (χ4n) is 1.92. The zero-order chi connectivity index (χ0) is 8.86. The van der Waals surface area contributed by atoms with Crippen molar-refractivity contribution in [3.05, 3.63) is 0 Å². The number of methoxy groups -OCH3 is 1. The molecule has 3 nitrogen and oxygen atoms in total. The summed E-state index contributed by atoms with van der Waals surface area (Å²) in [6.45, 7) is 2.46. The minimum absolute atomic E-state index is 0.235. The third-order valence-corrected chi connectivity index (χ3v) is 2.76. The summed E-state index contributed by atoms with van der Waals surface area (Å²) in [6.07, 6.45) is 5.09. The van der Waals surface area contributed by atoms with Gasteiger partial charge < -0.3 is 15.8 Å². The number of ether oxygens (including phenoxy) is 1. The van der Waals surface area contributed by atoms with Gasteiger partial charge >= 0.3 is 0 Å². The summed E-state index contributed by atoms with van der Waals surface area (Å²) in [5.41, 5.74) is 5.98. The average molecular weight is 172 g/mol. The molecule has 1 rings (SSSR count). The van der Waals surface area contributed by atoms with Crippen molar-refractivity contribution in [1.82, 2.24) is 5.32 Å². The van der Waals surface area contributed by atoms with Crippen molar-refractivity contribution >= 4 is 0 Å². The fourth-order valence-corrected chi connectivity index (χ4v) is 1.92. The Kier molecular flexibility index (Phi) is 3.98. The van der Waals surface area contributed by atoms with Crippen molar-refractivity contribution < 1.29 is 4.74 Å². The standard InChI is InChI=1S/C9H20N2O/c1-12-7-6-11-9(8-10)4-2-3-5-9/h11H,2-8,10H2,1H3. The van der Waals surface area contributed by atoms with Gasteiger partial charge in [-0.1, -0.05) is 12.8 Å². The molecule has 0 aromatic carbocycles. The Morgan fingerprint density at radius 2 is 2.08 bits per heavy atom. The van der Waals surface area contributed by atoms with Gasteiger partial charge in [-0.25, -0.2) is 0 Å². The van der Waals surface area contributed by atoms with Crippen molar-refractivity contribution in [2.24, 2.45) is 5.73 Å². The Bertz CT molecular complexity index is 122. The van der Waals surface area contributed by atoms with Crippen LogP contribution in [0.3, 0.4) is 0 Å². The van der Waals surface area contributed by atoms with Crippen molar-refractivity contribution in [3.63, 3.8) is 0 Å². The zero-order valence-corrected chi connectivity index (χ0v) is 7.94. The Balaban J connectivity index is 2.24. The van der Waals surface area contributed by atoms with Gasteiger partial charge in [-0.3, -0.25) is 0 Å². The summed E-state index contributed by atoms with van der Waals surface area (Å²) in [6, 6.07) is 0. The Hall–Kier alpha value is -0.120. The number of nitrogens with one attached hydrogen (secondary N) is 1. The maximum Gasteiger partial charge on any atom is 0.0587 e. The molecule has 0 atom stereocenters. The zero-order valence-electron chi connectivity index (χ0n) is 7.94. The van der Waals surface area contributed by atoms with Crippen molar-refractivity contribution in [3.8, 4) is 0 Å². The van der Waals surface area contributed by atoms with Gasteiger partial charge in [-0.15, -0.1) is 0 Å². The van der Waals surface area contributed by atoms with Gasteiger partial charge in [0.15, 0.2) is 0 Å². The van der Waals surface area contributed by atoms with Crippen LogP contribution in [-0.4, -0.2) is 32.3 Å². The van der Waals surface area contributed by atoms with Crippen LogP contribution in [0.4, 0.5) is 0 Å². The summed E-state index contributed by atoms with van der Waals surface area (Å²) in [7, 11) is 1.73. The molecule has 0 bridgehead atoms. The van der Waals surface area contributed by atoms with Crippen molar-refractivity contribution in [2.45, 2.75) is 31.2 Å². The van der Waals surface area contributed by atoms with E-state index in [1.807, 2.05) is 0 Å². The lowest BCUT2D eigenvalue weighted by Gasteiger charge is -2.28. The number of nitrogens with two attached hydrogens (primary N) is 1. The first-order valence-electron chi connectivity index (χ1n) is 4.77. The summed E-state index contributed by atoms with van der Waals surface area (Å²) in [5, 5.41) is 3.50. The molecule has 0 spiro atoms. The lowest BCUT2D eigenvalue weighted by molar-refractivity contribution is 0.185. The Labute approximate surface area is 74.7 Å². The van der Waals surface area contributed by atoms with Crippen LogP contribution in [0.15, 0.2) is 0 Å². The molecule has 1 aliphatic carbocycles. The molecule has 0 radical (unpaired) electrons. The van der Waals surface area contributed by atoms with E-state index in [4.69, 9.17) is 10.5 Å². The van der Waals surface area contributed by atoms with E-state index < -0.39 is 0 Å². The van der Waals surface area contributed by atoms with Gasteiger partial charge in [-0.2, -0.15) is 0 Å². The second kappa shape index (κ2) is 4.80. The largest absolute Gasteiger partial charge is 0.383 e. The van der Waals surface area contributed by atoms with Crippen LogP contribution in [0.25, 0.3) is 0 Å². The smallest absolute Gasteiger partial charge is 0.0587 e. The van der Waals surface area contributed by atoms with Gasteiger partial charge in [0.2, 0.25) is 0 Å². The molecule has 12 heavy (non-hydrogen) atoms. The molecule has 1 aliphatic rings. The number of hydrogen-bond acceptors (Lipinski definition) is 3. The first-order chi connectivity index (χ1) is 5.83. The molecule has 0 aliphatic heterocycles. The number of rotatable bonds is 5. The molecule has 3 N–H and O–H groups in total. The Morgan fingerprint density at radius 1 is 1.42 bits per heavy atom. The molecule has 72 valence electrons. The van der Waals surface area contributed by atoms with Gasteiger partial charge in [0.05, 0.1) is 6.61 Å². The quantitative estimate of drug-likeness (QED) is 0.593. The summed E-state index contributed by atoms with van der Waals surface area (Å²) >= 11 is 0. The molecule has 1 saturated carbocycles. The fraction of sp³-hybridized carbons (Fsp3) is 1.00. The van der Waals surface area contributed by atoms with Gasteiger partial charge in [-0.05, 0) is 12.8 Å². The van der Waals surface area contributed by atoms with E-state index in [2.05, 4.69) is 5.32 Å². The molecular formula is C9H20N2O. The second-order valence-corrected chi connectivity index (χ2v) is 3.61. The van der Waals surface area contributed by atoms with Crippen LogP contribution < -0.4 is 11.1 Å². The molecule has 0 saturated heterocycles. The highest BCUT2D eigenvalue weighted by molar-refractivity contribution is 4.93. The minimum Gasteiger partial charge on any atom is -0.383 e.